The molecule has 0 bridgehead atoms. The topological polar surface area (TPSA) is 70.6 Å². The summed E-state index contributed by atoms with van der Waals surface area (Å²) in [6.07, 6.45) is 0. The van der Waals surface area contributed by atoms with Crippen molar-refractivity contribution in [3.05, 3.63) is 71.3 Å². The van der Waals surface area contributed by atoms with E-state index in [0.717, 1.165) is 5.56 Å². The Kier molecular flexibility index (Phi) is 5.51. The second-order valence-corrected chi connectivity index (χ2v) is 6.96. The van der Waals surface area contributed by atoms with Gasteiger partial charge >= 0.3 is 5.96 Å². The van der Waals surface area contributed by atoms with E-state index in [4.69, 9.17) is 11.5 Å². The standard InChI is InChI=1S/C20H23F2N5/c1-26(2)18-12-27(11-17(18)13-3-7-15(21)8-4-13)20(24)25-19(23)14-5-9-16(22)10-6-14/h3-10,17-18H,11-12H2,1-2H3,(H3,23,24,25)/p+1/t17-,18+/m1/s1. The van der Waals surface area contributed by atoms with E-state index < -0.39 is 0 Å². The number of halogens is 2. The highest BCUT2D eigenvalue weighted by molar-refractivity contribution is 6.03. The predicted octanol–water partition coefficient (Wildman–Crippen LogP) is 1.72. The van der Waals surface area contributed by atoms with E-state index in [1.54, 1.807) is 12.1 Å². The first-order chi connectivity index (χ1) is 12.8. The van der Waals surface area contributed by atoms with E-state index in [0.29, 0.717) is 24.6 Å². The summed E-state index contributed by atoms with van der Waals surface area (Å²) >= 11 is 0. The van der Waals surface area contributed by atoms with Crippen molar-refractivity contribution < 1.29 is 13.4 Å². The summed E-state index contributed by atoms with van der Waals surface area (Å²) in [4.78, 5) is 6.44. The quantitative estimate of drug-likeness (QED) is 0.490. The average molecular weight is 372 g/mol. The van der Waals surface area contributed by atoms with Crippen molar-refractivity contribution in [3.8, 4) is 0 Å². The molecule has 1 saturated heterocycles. The normalized spacial score (nSPS) is 22.3. The van der Waals surface area contributed by atoms with Crippen LogP contribution in [0.2, 0.25) is 0 Å². The van der Waals surface area contributed by atoms with Crippen LogP contribution in [0.3, 0.4) is 0 Å². The molecule has 0 spiro atoms. The number of hydrogen-bond acceptors (Lipinski definition) is 1. The van der Waals surface area contributed by atoms with Crippen molar-refractivity contribution in [1.29, 1.82) is 0 Å². The Morgan fingerprint density at radius 2 is 1.52 bits per heavy atom. The van der Waals surface area contributed by atoms with Gasteiger partial charge < -0.3 is 10.6 Å². The van der Waals surface area contributed by atoms with Crippen LogP contribution in [0.4, 0.5) is 8.78 Å². The molecular formula is C20H24F2N5+. The van der Waals surface area contributed by atoms with Crippen LogP contribution in [0.1, 0.15) is 17.0 Å². The molecule has 4 N–H and O–H groups in total. The highest BCUT2D eigenvalue weighted by Crippen LogP contribution is 2.28. The van der Waals surface area contributed by atoms with Gasteiger partial charge in [0.2, 0.25) is 5.84 Å². The number of benzene rings is 2. The Labute approximate surface area is 157 Å². The lowest BCUT2D eigenvalue weighted by Crippen LogP contribution is -2.34. The van der Waals surface area contributed by atoms with Crippen LogP contribution in [0.15, 0.2) is 53.5 Å². The van der Waals surface area contributed by atoms with E-state index in [1.807, 2.05) is 30.8 Å². The van der Waals surface area contributed by atoms with Gasteiger partial charge in [0.05, 0.1) is 13.1 Å². The zero-order valence-electron chi connectivity index (χ0n) is 15.4. The van der Waals surface area contributed by atoms with Crippen LogP contribution >= 0.6 is 0 Å². The highest BCUT2D eigenvalue weighted by Gasteiger charge is 2.36. The van der Waals surface area contributed by atoms with Gasteiger partial charge in [0, 0.05) is 17.5 Å². The van der Waals surface area contributed by atoms with E-state index in [9.17, 15) is 8.78 Å². The molecule has 3 rings (SSSR count). The van der Waals surface area contributed by atoms with Gasteiger partial charge in [-0.05, 0) is 56.1 Å². The Balaban J connectivity index is 1.88. The van der Waals surface area contributed by atoms with Gasteiger partial charge in [-0.3, -0.25) is 10.3 Å². The third kappa shape index (κ3) is 4.31. The van der Waals surface area contributed by atoms with Crippen molar-refractivity contribution >= 4 is 11.8 Å². The van der Waals surface area contributed by atoms with Gasteiger partial charge in [-0.2, -0.15) is 0 Å². The third-order valence-electron chi connectivity index (χ3n) is 4.95. The predicted molar refractivity (Wildman–Crippen MR) is 103 cm³/mol. The summed E-state index contributed by atoms with van der Waals surface area (Å²) in [6.45, 7) is 1.33. The molecule has 2 aromatic carbocycles. The fraction of sp³-hybridized carbons (Fsp3) is 0.300. The molecule has 0 aromatic heterocycles. The van der Waals surface area contributed by atoms with Crippen molar-refractivity contribution in [2.45, 2.75) is 12.0 Å². The first kappa shape index (κ1) is 19.0. The molecule has 0 saturated carbocycles. The number of hydrogen-bond donors (Lipinski definition) is 2. The van der Waals surface area contributed by atoms with E-state index in [-0.39, 0.29) is 29.4 Å². The van der Waals surface area contributed by atoms with E-state index in [1.165, 1.54) is 24.3 Å². The van der Waals surface area contributed by atoms with Crippen LogP contribution in [-0.2, 0) is 0 Å². The lowest BCUT2D eigenvalue weighted by molar-refractivity contribution is -0.511. The lowest BCUT2D eigenvalue weighted by Gasteiger charge is -2.23. The zero-order valence-corrected chi connectivity index (χ0v) is 15.4. The molecule has 2 aromatic rings. The second kappa shape index (κ2) is 7.84. The number of nitrogens with zero attached hydrogens (tertiary/aromatic N) is 3. The molecule has 1 fully saturated rings. The minimum Gasteiger partial charge on any atom is -0.369 e. The Hall–Kier alpha value is -2.80. The fourth-order valence-electron chi connectivity index (χ4n) is 3.41. The molecule has 27 heavy (non-hydrogen) atoms. The molecule has 5 nitrogen and oxygen atoms in total. The number of nitrogens with two attached hydrogens (primary N) is 2. The number of aliphatic imine (C=N–C) groups is 1. The van der Waals surface area contributed by atoms with Gasteiger partial charge in [-0.15, -0.1) is 0 Å². The number of guanidine groups is 1. The molecule has 1 aliphatic rings. The maximum atomic E-state index is 13.3. The van der Waals surface area contributed by atoms with Gasteiger partial charge in [0.15, 0.2) is 0 Å². The van der Waals surface area contributed by atoms with Crippen LogP contribution < -0.4 is 11.5 Å². The van der Waals surface area contributed by atoms with Gasteiger partial charge in [-0.25, -0.2) is 8.78 Å². The zero-order chi connectivity index (χ0) is 19.6. The van der Waals surface area contributed by atoms with Crippen LogP contribution in [-0.4, -0.2) is 54.5 Å². The van der Waals surface area contributed by atoms with Crippen LogP contribution in [0.5, 0.6) is 0 Å². The van der Waals surface area contributed by atoms with Crippen molar-refractivity contribution in [3.63, 3.8) is 0 Å². The summed E-state index contributed by atoms with van der Waals surface area (Å²) in [5.41, 5.74) is 13.9. The van der Waals surface area contributed by atoms with Gasteiger partial charge in [0.1, 0.15) is 11.6 Å². The van der Waals surface area contributed by atoms with Crippen LogP contribution in [0.25, 0.3) is 0 Å². The molecule has 0 amide bonds. The molecule has 7 heteroatoms. The Morgan fingerprint density at radius 3 is 2.07 bits per heavy atom. The minimum absolute atomic E-state index is 0.168. The maximum absolute atomic E-state index is 13.3. The largest absolute Gasteiger partial charge is 0.386 e. The fourth-order valence-corrected chi connectivity index (χ4v) is 3.41. The smallest absolute Gasteiger partial charge is 0.369 e. The molecule has 1 heterocycles. The molecular weight excluding hydrogens is 348 g/mol. The number of likely N-dealkylation sites (N-methyl/N-ethyl adjacent to an activating group) is 1. The maximum Gasteiger partial charge on any atom is 0.386 e. The number of amidine groups is 1. The Morgan fingerprint density at radius 1 is 0.963 bits per heavy atom. The minimum atomic E-state index is -0.334. The summed E-state index contributed by atoms with van der Waals surface area (Å²) in [5, 5.41) is 0. The monoisotopic (exact) mass is 372 g/mol. The average Bonchev–Trinajstić information content (AvgIpc) is 3.08. The van der Waals surface area contributed by atoms with Gasteiger partial charge in [0.25, 0.3) is 0 Å². The molecule has 142 valence electrons. The second-order valence-electron chi connectivity index (χ2n) is 6.96. The first-order valence-electron chi connectivity index (χ1n) is 8.74. The lowest BCUT2D eigenvalue weighted by atomic mass is 9.94. The highest BCUT2D eigenvalue weighted by atomic mass is 19.1. The SMILES string of the molecule is CN(C)[C@H]1C[N+](=C(N)/N=C(\N)c2ccc(F)cc2)C[C@@H]1c1ccc(F)cc1. The summed E-state index contributed by atoms with van der Waals surface area (Å²) < 4.78 is 28.3. The van der Waals surface area contributed by atoms with Crippen molar-refractivity contribution in [2.24, 2.45) is 16.5 Å². The van der Waals surface area contributed by atoms with E-state index in [2.05, 4.69) is 9.89 Å². The molecule has 0 unspecified atom stereocenters. The third-order valence-corrected chi connectivity index (χ3v) is 4.95. The molecule has 1 aliphatic heterocycles. The summed E-state index contributed by atoms with van der Waals surface area (Å²) in [5.74, 6) is 0.130. The molecule has 0 radical (unpaired) electrons. The van der Waals surface area contributed by atoms with Crippen LogP contribution in [0, 0.1) is 11.6 Å². The Bertz CT molecular complexity index is 857. The summed E-state index contributed by atoms with van der Waals surface area (Å²) in [7, 11) is 4.02. The summed E-state index contributed by atoms with van der Waals surface area (Å²) in [6, 6.07) is 12.6. The molecule has 2 atom stereocenters. The van der Waals surface area contributed by atoms with Crippen molar-refractivity contribution in [1.82, 2.24) is 4.90 Å². The van der Waals surface area contributed by atoms with Crippen molar-refractivity contribution in [2.75, 3.05) is 27.2 Å². The van der Waals surface area contributed by atoms with Gasteiger partial charge in [-0.1, -0.05) is 17.1 Å². The first-order valence-corrected chi connectivity index (χ1v) is 8.74. The number of rotatable bonds is 3. The molecule has 0 aliphatic carbocycles. The van der Waals surface area contributed by atoms with E-state index >= 15 is 0 Å².